The van der Waals surface area contributed by atoms with E-state index in [1.54, 1.807) is 0 Å². The number of rotatable bonds is 9. The summed E-state index contributed by atoms with van der Waals surface area (Å²) in [5.41, 5.74) is 0.618. The van der Waals surface area contributed by atoms with Gasteiger partial charge in [0.1, 0.15) is 24.2 Å². The average Bonchev–Trinajstić information content (AvgIpc) is 3.05. The largest absolute Gasteiger partial charge is 0.416 e. The molecule has 0 atom stereocenters. The van der Waals surface area contributed by atoms with Gasteiger partial charge >= 0.3 is 12.2 Å². The van der Waals surface area contributed by atoms with Gasteiger partial charge in [0.25, 0.3) is 0 Å². The Hall–Kier alpha value is -5.44. The number of carbonyl (C=O) groups excluding carboxylic acids is 2. The summed E-state index contributed by atoms with van der Waals surface area (Å²) in [6, 6.07) is 12.1. The molecule has 10 nitrogen and oxygen atoms in total. The van der Waals surface area contributed by atoms with Gasteiger partial charge in [0, 0.05) is 30.5 Å². The van der Waals surface area contributed by atoms with Crippen molar-refractivity contribution in [1.29, 1.82) is 5.41 Å². The number of hydrogen-bond donors (Lipinski definition) is 5. The summed E-state index contributed by atoms with van der Waals surface area (Å²) in [5.74, 6) is -1.15. The highest BCUT2D eigenvalue weighted by Crippen LogP contribution is 2.33. The first-order valence-corrected chi connectivity index (χ1v) is 14.4. The van der Waals surface area contributed by atoms with Crippen LogP contribution in [-0.4, -0.2) is 61.6 Å². The van der Waals surface area contributed by atoms with E-state index < -0.39 is 35.1 Å². The Morgan fingerprint density at radius 3 is 2.19 bits per heavy atom. The van der Waals surface area contributed by atoms with Gasteiger partial charge < -0.3 is 36.4 Å². The quantitative estimate of drug-likeness (QED) is 0.0892. The van der Waals surface area contributed by atoms with Crippen molar-refractivity contribution in [1.82, 2.24) is 14.9 Å². The number of amides is 2. The first-order chi connectivity index (χ1) is 22.9. The number of likely N-dealkylation sites (N-methyl/N-ethyl adjacent to an activating group) is 1. The minimum Gasteiger partial charge on any atom is -0.368 e. The SMILES string of the molecule is C=N.C=O.CC.Cc1cccc(Nc2ncc(-c3ccc(NC(=O)Nc4cc(C(F)(F)F)ccc4F)c(F)c3)c(NCCN(C)C)n2)c1. The fourth-order valence-corrected chi connectivity index (χ4v) is 3.90. The number of hydrogen-bond acceptors (Lipinski definition) is 8. The summed E-state index contributed by atoms with van der Waals surface area (Å²) in [4.78, 5) is 31.3. The molecule has 0 saturated carbocycles. The molecular weight excluding hydrogens is 635 g/mol. The maximum absolute atomic E-state index is 15.1. The summed E-state index contributed by atoms with van der Waals surface area (Å²) >= 11 is 0. The second kappa shape index (κ2) is 19.9. The van der Waals surface area contributed by atoms with Crippen molar-refractivity contribution in [2.24, 2.45) is 0 Å². The smallest absolute Gasteiger partial charge is 0.368 e. The standard InChI is InChI=1S/C29H28F5N7O.C2H6.CH3N.CH2O/c1-17-5-4-6-20(13-17)37-27-36-16-21(26(40-27)35-11-12-41(2)3)18-7-10-24(23(31)14-18)38-28(42)39-25-15-19(29(32,33)34)8-9-22(25)30;3*1-2/h4-10,13-16H,11-12H2,1-3H3,(H2,38,39,42)(H2,35,36,37,40);1-2H3;2H,1H2;1H2. The van der Waals surface area contributed by atoms with Crippen molar-refractivity contribution in [3.8, 4) is 11.1 Å². The lowest BCUT2D eigenvalue weighted by Gasteiger charge is -2.16. The maximum atomic E-state index is 15.1. The Kier molecular flexibility index (Phi) is 16.9. The highest BCUT2D eigenvalue weighted by molar-refractivity contribution is 6.00. The van der Waals surface area contributed by atoms with E-state index in [9.17, 15) is 22.4 Å². The number of nitrogens with one attached hydrogen (secondary N) is 5. The molecule has 0 spiro atoms. The molecule has 4 rings (SSSR count). The van der Waals surface area contributed by atoms with Crippen LogP contribution in [-0.2, 0) is 11.0 Å². The Labute approximate surface area is 276 Å². The fraction of sp³-hybridized carbons (Fsp3) is 0.242. The number of carbonyl (C=O) groups is 2. The fourth-order valence-electron chi connectivity index (χ4n) is 3.90. The number of nitrogens with zero attached hydrogens (tertiary/aromatic N) is 3. The lowest BCUT2D eigenvalue weighted by Crippen LogP contribution is -2.21. The molecule has 258 valence electrons. The highest BCUT2D eigenvalue weighted by atomic mass is 19.4. The third-order valence-electron chi connectivity index (χ3n) is 5.98. The lowest BCUT2D eigenvalue weighted by molar-refractivity contribution is -0.137. The zero-order valence-corrected chi connectivity index (χ0v) is 27.2. The van der Waals surface area contributed by atoms with E-state index in [-0.39, 0.29) is 5.69 Å². The van der Waals surface area contributed by atoms with E-state index in [0.29, 0.717) is 54.2 Å². The van der Waals surface area contributed by atoms with E-state index >= 15 is 4.39 Å². The first kappa shape index (κ1) is 40.6. The third kappa shape index (κ3) is 12.4. The molecule has 0 aliphatic carbocycles. The van der Waals surface area contributed by atoms with Crippen molar-refractivity contribution in [3.63, 3.8) is 0 Å². The van der Waals surface area contributed by atoms with Crippen LogP contribution in [0.1, 0.15) is 25.0 Å². The number of urea groups is 1. The second-order valence-electron chi connectivity index (χ2n) is 9.65. The predicted octanol–water partition coefficient (Wildman–Crippen LogP) is 8.22. The van der Waals surface area contributed by atoms with E-state index in [0.717, 1.165) is 17.3 Å². The van der Waals surface area contributed by atoms with Crippen LogP contribution >= 0.6 is 0 Å². The van der Waals surface area contributed by atoms with Crippen LogP contribution in [0.3, 0.4) is 0 Å². The Morgan fingerprint density at radius 1 is 0.917 bits per heavy atom. The van der Waals surface area contributed by atoms with Gasteiger partial charge in [-0.1, -0.05) is 32.0 Å². The molecule has 4 aromatic rings. The molecular formula is C33H39F5N8O2. The predicted molar refractivity (Wildman–Crippen MR) is 181 cm³/mol. The molecule has 0 aliphatic heterocycles. The van der Waals surface area contributed by atoms with Crippen molar-refractivity contribution >= 4 is 48.4 Å². The maximum Gasteiger partial charge on any atom is 0.416 e. The Balaban J connectivity index is 0.00000182. The van der Waals surface area contributed by atoms with Crippen LogP contribution in [0.4, 0.5) is 55.6 Å². The summed E-state index contributed by atoms with van der Waals surface area (Å²) in [6.07, 6.45) is -3.20. The molecule has 0 aliphatic rings. The van der Waals surface area contributed by atoms with E-state index in [1.165, 1.54) is 18.3 Å². The van der Waals surface area contributed by atoms with Crippen LogP contribution in [0.2, 0.25) is 0 Å². The van der Waals surface area contributed by atoms with E-state index in [2.05, 4.69) is 32.6 Å². The second-order valence-corrected chi connectivity index (χ2v) is 9.65. The molecule has 0 unspecified atom stereocenters. The Bertz CT molecular complexity index is 1620. The molecule has 0 bridgehead atoms. The van der Waals surface area contributed by atoms with Crippen molar-refractivity contribution < 1.29 is 31.5 Å². The van der Waals surface area contributed by atoms with Gasteiger partial charge in [-0.05, 0) is 81.3 Å². The van der Waals surface area contributed by atoms with Gasteiger partial charge in [-0.15, -0.1) is 0 Å². The van der Waals surface area contributed by atoms with E-state index in [4.69, 9.17) is 10.2 Å². The normalized spacial score (nSPS) is 10.2. The molecule has 0 saturated heterocycles. The summed E-state index contributed by atoms with van der Waals surface area (Å²) in [7, 11) is 3.85. The van der Waals surface area contributed by atoms with Crippen LogP contribution in [0.25, 0.3) is 11.1 Å². The number of benzene rings is 3. The average molecular weight is 675 g/mol. The van der Waals surface area contributed by atoms with Gasteiger partial charge in [-0.25, -0.2) is 18.6 Å². The molecule has 1 aromatic heterocycles. The molecule has 1 heterocycles. The number of halogens is 5. The highest BCUT2D eigenvalue weighted by Gasteiger charge is 2.31. The molecule has 0 fully saturated rings. The zero-order valence-electron chi connectivity index (χ0n) is 27.2. The number of anilines is 5. The Morgan fingerprint density at radius 2 is 1.58 bits per heavy atom. The van der Waals surface area contributed by atoms with E-state index in [1.807, 2.05) is 76.1 Å². The number of aryl methyl sites for hydroxylation is 1. The van der Waals surface area contributed by atoms with Crippen LogP contribution in [0.15, 0.2) is 66.9 Å². The van der Waals surface area contributed by atoms with Gasteiger partial charge in [0.15, 0.2) is 0 Å². The number of alkyl halides is 3. The molecule has 5 N–H and O–H groups in total. The molecule has 0 radical (unpaired) electrons. The zero-order chi connectivity index (χ0) is 36.4. The van der Waals surface area contributed by atoms with Crippen molar-refractivity contribution in [2.45, 2.75) is 26.9 Å². The molecule has 48 heavy (non-hydrogen) atoms. The van der Waals surface area contributed by atoms with Crippen LogP contribution in [0, 0.1) is 24.0 Å². The summed E-state index contributed by atoms with van der Waals surface area (Å²) < 4.78 is 68.0. The minimum atomic E-state index is -4.73. The summed E-state index contributed by atoms with van der Waals surface area (Å²) in [6.45, 7) is 11.7. The van der Waals surface area contributed by atoms with Crippen LogP contribution < -0.4 is 21.3 Å². The van der Waals surface area contributed by atoms with Gasteiger partial charge in [0.05, 0.1) is 16.9 Å². The lowest BCUT2D eigenvalue weighted by atomic mass is 10.1. The van der Waals surface area contributed by atoms with Crippen LogP contribution in [0.5, 0.6) is 0 Å². The molecule has 2 amide bonds. The van der Waals surface area contributed by atoms with Crippen molar-refractivity contribution in [2.75, 3.05) is 48.5 Å². The first-order valence-electron chi connectivity index (χ1n) is 14.4. The summed E-state index contributed by atoms with van der Waals surface area (Å²) in [5, 5.41) is 16.1. The van der Waals surface area contributed by atoms with Gasteiger partial charge in [-0.3, -0.25) is 0 Å². The monoisotopic (exact) mass is 674 g/mol. The minimum absolute atomic E-state index is 0.274. The van der Waals surface area contributed by atoms with Gasteiger partial charge in [-0.2, -0.15) is 18.2 Å². The number of aromatic nitrogens is 2. The molecule has 3 aromatic carbocycles. The van der Waals surface area contributed by atoms with Crippen molar-refractivity contribution in [3.05, 3.63) is 89.6 Å². The third-order valence-corrected chi connectivity index (χ3v) is 5.98. The van der Waals surface area contributed by atoms with Gasteiger partial charge in [0.2, 0.25) is 5.95 Å². The topological polar surface area (TPSA) is 135 Å². The molecule has 15 heteroatoms.